The van der Waals surface area contributed by atoms with Gasteiger partial charge in [0.05, 0.1) is 11.7 Å². The van der Waals surface area contributed by atoms with Crippen LogP contribution in [-0.4, -0.2) is 22.9 Å². The molecule has 0 aromatic heterocycles. The molecule has 2 nitrogen and oxygen atoms in total. The van der Waals surface area contributed by atoms with Crippen LogP contribution in [0.5, 0.6) is 0 Å². The van der Waals surface area contributed by atoms with E-state index in [2.05, 4.69) is 27.4 Å². The summed E-state index contributed by atoms with van der Waals surface area (Å²) in [5.74, 6) is 0. The van der Waals surface area contributed by atoms with E-state index in [-0.39, 0.29) is 16.8 Å². The van der Waals surface area contributed by atoms with Crippen molar-refractivity contribution in [3.8, 4) is 0 Å². The van der Waals surface area contributed by atoms with Crippen LogP contribution in [0.3, 0.4) is 0 Å². The average molecular weight is 222 g/mol. The third-order valence-electron chi connectivity index (χ3n) is 5.09. The second-order valence-corrected chi connectivity index (χ2v) is 5.99. The Morgan fingerprint density at radius 3 is 2.88 bits per heavy atom. The molecule has 0 N–H and O–H groups in total. The molecule has 3 aliphatic rings. The zero-order valence-corrected chi connectivity index (χ0v) is 10.6. The molecule has 0 unspecified atom stereocenters. The molecular formula is C14H22O2. The van der Waals surface area contributed by atoms with E-state index in [1.165, 1.54) is 18.4 Å². The lowest BCUT2D eigenvalue weighted by molar-refractivity contribution is -0.342. The number of unbranched alkanes of at least 4 members (excludes halogenated alkanes) is 1. The molecule has 3 heterocycles. The van der Waals surface area contributed by atoms with E-state index in [9.17, 15) is 0 Å². The van der Waals surface area contributed by atoms with Crippen LogP contribution < -0.4 is 0 Å². The van der Waals surface area contributed by atoms with Gasteiger partial charge in [-0.2, -0.15) is 0 Å². The zero-order chi connectivity index (χ0) is 11.6. The first-order chi connectivity index (χ1) is 7.48. The van der Waals surface area contributed by atoms with Gasteiger partial charge in [-0.15, -0.1) is 0 Å². The third-order valence-corrected chi connectivity index (χ3v) is 5.09. The second kappa shape index (κ2) is 2.91. The minimum absolute atomic E-state index is 0.0910. The number of ether oxygens (including phenoxy) is 2. The molecule has 90 valence electrons. The third kappa shape index (κ3) is 0.925. The number of hydrogen-bond acceptors (Lipinski definition) is 2. The van der Waals surface area contributed by atoms with Gasteiger partial charge in [-0.1, -0.05) is 26.3 Å². The van der Waals surface area contributed by atoms with E-state index < -0.39 is 0 Å². The molecule has 16 heavy (non-hydrogen) atoms. The average Bonchev–Trinajstić information content (AvgIpc) is 2.34. The molecule has 3 rings (SSSR count). The SMILES string of the molecule is C=C1[C@]2(C)CC[C@@H]3O[C@@]1(CCCC)[C@]3(C)O2. The highest BCUT2D eigenvalue weighted by molar-refractivity contribution is 5.42. The van der Waals surface area contributed by atoms with Crippen LogP contribution in [0.4, 0.5) is 0 Å². The summed E-state index contributed by atoms with van der Waals surface area (Å²) in [5, 5.41) is 0. The minimum Gasteiger partial charge on any atom is -0.361 e. The molecule has 0 saturated carbocycles. The maximum Gasteiger partial charge on any atom is 0.125 e. The summed E-state index contributed by atoms with van der Waals surface area (Å²) in [6.07, 6.45) is 5.97. The molecule has 3 saturated heterocycles. The standard InChI is InChI=1S/C14H22O2/c1-5-6-8-14-10(2)12(3)9-7-11(15-14)13(14,4)16-12/h11H,2,5-9H2,1,3-4H3/t11-,12-,13+,14+/m0/s1. The molecule has 0 radical (unpaired) electrons. The van der Waals surface area contributed by atoms with Crippen LogP contribution in [0.25, 0.3) is 0 Å². The van der Waals surface area contributed by atoms with E-state index in [0.717, 1.165) is 19.3 Å². The minimum atomic E-state index is -0.168. The monoisotopic (exact) mass is 222 g/mol. The van der Waals surface area contributed by atoms with Crippen molar-refractivity contribution in [3.63, 3.8) is 0 Å². The summed E-state index contributed by atoms with van der Waals surface area (Å²) in [5.41, 5.74) is 0.811. The largest absolute Gasteiger partial charge is 0.361 e. The summed E-state index contributed by atoms with van der Waals surface area (Å²) in [6, 6.07) is 0. The summed E-state index contributed by atoms with van der Waals surface area (Å²) in [6.45, 7) is 10.9. The van der Waals surface area contributed by atoms with Gasteiger partial charge in [-0.25, -0.2) is 0 Å². The van der Waals surface area contributed by atoms with Crippen molar-refractivity contribution in [1.82, 2.24) is 0 Å². The predicted octanol–water partition coefficient (Wildman–Crippen LogP) is 3.21. The van der Waals surface area contributed by atoms with Crippen LogP contribution in [0, 0.1) is 0 Å². The van der Waals surface area contributed by atoms with Crippen LogP contribution >= 0.6 is 0 Å². The van der Waals surface area contributed by atoms with E-state index in [1.807, 2.05) is 0 Å². The van der Waals surface area contributed by atoms with E-state index >= 15 is 0 Å². The Morgan fingerprint density at radius 2 is 2.19 bits per heavy atom. The van der Waals surface area contributed by atoms with Gasteiger partial charge in [0.15, 0.2) is 0 Å². The summed E-state index contributed by atoms with van der Waals surface area (Å²) in [4.78, 5) is 0. The molecule has 0 aromatic rings. The Balaban J connectivity index is 1.98. The highest BCUT2D eigenvalue weighted by Crippen LogP contribution is 2.67. The zero-order valence-electron chi connectivity index (χ0n) is 10.6. The smallest absolute Gasteiger partial charge is 0.125 e. The van der Waals surface area contributed by atoms with Gasteiger partial charge in [-0.05, 0) is 38.7 Å². The first kappa shape index (κ1) is 10.8. The Labute approximate surface area is 98.0 Å². The molecule has 0 aliphatic carbocycles. The van der Waals surface area contributed by atoms with Crippen molar-refractivity contribution in [2.24, 2.45) is 0 Å². The van der Waals surface area contributed by atoms with Crippen LogP contribution in [0.1, 0.15) is 52.9 Å². The molecule has 4 atom stereocenters. The molecule has 3 aliphatic heterocycles. The maximum atomic E-state index is 6.32. The van der Waals surface area contributed by atoms with Crippen molar-refractivity contribution in [2.75, 3.05) is 0 Å². The molecule has 0 amide bonds. The Morgan fingerprint density at radius 1 is 1.44 bits per heavy atom. The van der Waals surface area contributed by atoms with E-state index in [4.69, 9.17) is 9.47 Å². The lowest BCUT2D eigenvalue weighted by Crippen LogP contribution is -2.71. The number of hydrogen-bond donors (Lipinski definition) is 0. The lowest BCUT2D eigenvalue weighted by atomic mass is 9.69. The van der Waals surface area contributed by atoms with Gasteiger partial charge >= 0.3 is 0 Å². The molecule has 3 fully saturated rings. The fourth-order valence-corrected chi connectivity index (χ4v) is 3.98. The molecule has 0 spiro atoms. The Hall–Kier alpha value is -0.340. The predicted molar refractivity (Wildman–Crippen MR) is 63.4 cm³/mol. The molecule has 0 aromatic carbocycles. The number of fused-ring (bicyclic) bond motifs is 1. The van der Waals surface area contributed by atoms with Crippen molar-refractivity contribution < 1.29 is 9.47 Å². The number of rotatable bonds is 3. The van der Waals surface area contributed by atoms with Crippen molar-refractivity contribution >= 4 is 0 Å². The quantitative estimate of drug-likeness (QED) is 0.683. The highest BCUT2D eigenvalue weighted by atomic mass is 16.7. The highest BCUT2D eigenvalue weighted by Gasteiger charge is 2.77. The molecule has 2 bridgehead atoms. The first-order valence-corrected chi connectivity index (χ1v) is 6.56. The second-order valence-electron chi connectivity index (χ2n) is 5.99. The van der Waals surface area contributed by atoms with Gasteiger partial charge in [0.1, 0.15) is 11.2 Å². The summed E-state index contributed by atoms with van der Waals surface area (Å²) < 4.78 is 12.5. The van der Waals surface area contributed by atoms with E-state index in [1.54, 1.807) is 0 Å². The van der Waals surface area contributed by atoms with Crippen molar-refractivity contribution in [2.45, 2.75) is 75.8 Å². The van der Waals surface area contributed by atoms with Gasteiger partial charge in [0, 0.05) is 0 Å². The van der Waals surface area contributed by atoms with Crippen molar-refractivity contribution in [3.05, 3.63) is 12.2 Å². The van der Waals surface area contributed by atoms with Crippen LogP contribution in [-0.2, 0) is 9.47 Å². The molecule has 2 heteroatoms. The Kier molecular flexibility index (Phi) is 1.96. The van der Waals surface area contributed by atoms with Gasteiger partial charge in [0.25, 0.3) is 0 Å². The van der Waals surface area contributed by atoms with E-state index in [0.29, 0.717) is 6.10 Å². The normalized spacial score (nSPS) is 53.9. The maximum absolute atomic E-state index is 6.32. The summed E-state index contributed by atoms with van der Waals surface area (Å²) >= 11 is 0. The first-order valence-electron chi connectivity index (χ1n) is 6.56. The Bertz CT molecular complexity index is 351. The fourth-order valence-electron chi connectivity index (χ4n) is 3.98. The van der Waals surface area contributed by atoms with Gasteiger partial charge in [0.2, 0.25) is 0 Å². The summed E-state index contributed by atoms with van der Waals surface area (Å²) in [7, 11) is 0. The van der Waals surface area contributed by atoms with Crippen LogP contribution in [0.2, 0.25) is 0 Å². The fraction of sp³-hybridized carbons (Fsp3) is 0.857. The molecular weight excluding hydrogens is 200 g/mol. The van der Waals surface area contributed by atoms with Crippen molar-refractivity contribution in [1.29, 1.82) is 0 Å². The van der Waals surface area contributed by atoms with Crippen LogP contribution in [0.15, 0.2) is 12.2 Å². The van der Waals surface area contributed by atoms with Gasteiger partial charge in [-0.3, -0.25) is 0 Å². The van der Waals surface area contributed by atoms with Gasteiger partial charge < -0.3 is 9.47 Å². The topological polar surface area (TPSA) is 18.5 Å². The lowest BCUT2D eigenvalue weighted by Gasteiger charge is -2.58.